The number of rotatable bonds is 4. The molecule has 0 aromatic heterocycles. The Balaban J connectivity index is 2.21. The van der Waals surface area contributed by atoms with Gasteiger partial charge in [-0.15, -0.1) is 0 Å². The first-order valence-corrected chi connectivity index (χ1v) is 7.37. The smallest absolute Gasteiger partial charge is 0.122 e. The fourth-order valence-electron chi connectivity index (χ4n) is 3.29. The molecular formula is C17H27NO. The minimum atomic E-state index is 0.307. The number of nitrogens with zero attached hydrogens (tertiary/aromatic N) is 1. The molecule has 2 heteroatoms. The first kappa shape index (κ1) is 14.4. The molecule has 0 radical (unpaired) electrons. The van der Waals surface area contributed by atoms with Crippen LogP contribution in [0.25, 0.3) is 0 Å². The molecule has 1 aliphatic carbocycles. The number of hydrogen-bond donors (Lipinski definition) is 0. The van der Waals surface area contributed by atoms with E-state index in [0.29, 0.717) is 5.54 Å². The SMILES string of the molecule is COc1ccccc1CC1(N(C)C)CCC(C)CC1. The molecule has 0 N–H and O–H groups in total. The van der Waals surface area contributed by atoms with E-state index in [0.717, 1.165) is 18.1 Å². The van der Waals surface area contributed by atoms with Gasteiger partial charge in [-0.2, -0.15) is 0 Å². The van der Waals surface area contributed by atoms with Crippen LogP contribution in [0, 0.1) is 5.92 Å². The number of likely N-dealkylation sites (N-methyl/N-ethyl adjacent to an activating group) is 1. The standard InChI is InChI=1S/C17H27NO/c1-14-9-11-17(12-10-14,18(2)3)13-15-7-5-6-8-16(15)19-4/h5-8,14H,9-13H2,1-4H3. The highest BCUT2D eigenvalue weighted by Gasteiger charge is 2.36. The zero-order valence-electron chi connectivity index (χ0n) is 12.8. The molecule has 1 aliphatic rings. The van der Waals surface area contributed by atoms with Gasteiger partial charge in [0.15, 0.2) is 0 Å². The number of methoxy groups -OCH3 is 1. The molecule has 0 bridgehead atoms. The molecule has 0 unspecified atom stereocenters. The van der Waals surface area contributed by atoms with E-state index in [2.05, 4.69) is 44.1 Å². The molecule has 1 fully saturated rings. The fourth-order valence-corrected chi connectivity index (χ4v) is 3.29. The maximum atomic E-state index is 5.51. The quantitative estimate of drug-likeness (QED) is 0.818. The highest BCUT2D eigenvalue weighted by Crippen LogP contribution is 2.39. The monoisotopic (exact) mass is 261 g/mol. The van der Waals surface area contributed by atoms with Gasteiger partial charge in [0.1, 0.15) is 5.75 Å². The topological polar surface area (TPSA) is 12.5 Å². The summed E-state index contributed by atoms with van der Waals surface area (Å²) in [6.07, 6.45) is 6.36. The molecule has 19 heavy (non-hydrogen) atoms. The Morgan fingerprint density at radius 3 is 2.42 bits per heavy atom. The average Bonchev–Trinajstić information content (AvgIpc) is 2.42. The van der Waals surface area contributed by atoms with Gasteiger partial charge in [0, 0.05) is 5.54 Å². The van der Waals surface area contributed by atoms with Gasteiger partial charge >= 0.3 is 0 Å². The second-order valence-corrected chi connectivity index (χ2v) is 6.29. The zero-order chi connectivity index (χ0) is 13.9. The van der Waals surface area contributed by atoms with E-state index in [9.17, 15) is 0 Å². The van der Waals surface area contributed by atoms with Crippen LogP contribution in [0.3, 0.4) is 0 Å². The van der Waals surface area contributed by atoms with Crippen LogP contribution in [-0.2, 0) is 6.42 Å². The van der Waals surface area contributed by atoms with Crippen LogP contribution in [0.5, 0.6) is 5.75 Å². The molecule has 0 aliphatic heterocycles. The third kappa shape index (κ3) is 3.11. The zero-order valence-corrected chi connectivity index (χ0v) is 12.8. The predicted molar refractivity (Wildman–Crippen MR) is 80.7 cm³/mol. The summed E-state index contributed by atoms with van der Waals surface area (Å²) in [4.78, 5) is 2.44. The summed E-state index contributed by atoms with van der Waals surface area (Å²) in [7, 11) is 6.22. The first-order chi connectivity index (χ1) is 9.07. The van der Waals surface area contributed by atoms with Gasteiger partial charge in [0.2, 0.25) is 0 Å². The van der Waals surface area contributed by atoms with E-state index >= 15 is 0 Å². The van der Waals surface area contributed by atoms with E-state index < -0.39 is 0 Å². The van der Waals surface area contributed by atoms with Crippen molar-refractivity contribution in [1.29, 1.82) is 0 Å². The van der Waals surface area contributed by atoms with Crippen molar-refractivity contribution in [1.82, 2.24) is 4.90 Å². The van der Waals surface area contributed by atoms with Gasteiger partial charge in [0.25, 0.3) is 0 Å². The maximum Gasteiger partial charge on any atom is 0.122 e. The molecule has 106 valence electrons. The van der Waals surface area contributed by atoms with Crippen molar-refractivity contribution in [2.75, 3.05) is 21.2 Å². The molecule has 2 nitrogen and oxygen atoms in total. The van der Waals surface area contributed by atoms with Crippen LogP contribution in [0.15, 0.2) is 24.3 Å². The summed E-state index contributed by atoms with van der Waals surface area (Å²) in [6, 6.07) is 8.45. The van der Waals surface area contributed by atoms with E-state index in [1.807, 2.05) is 6.07 Å². The maximum absolute atomic E-state index is 5.51. The minimum Gasteiger partial charge on any atom is -0.496 e. The van der Waals surface area contributed by atoms with E-state index in [4.69, 9.17) is 4.74 Å². The van der Waals surface area contributed by atoms with Gasteiger partial charge in [-0.05, 0) is 63.7 Å². The van der Waals surface area contributed by atoms with Gasteiger partial charge in [-0.1, -0.05) is 25.1 Å². The van der Waals surface area contributed by atoms with Crippen LogP contribution in [0.1, 0.15) is 38.2 Å². The van der Waals surface area contributed by atoms with Crippen LogP contribution in [-0.4, -0.2) is 31.6 Å². The lowest BCUT2D eigenvalue weighted by Crippen LogP contribution is -2.48. The molecule has 0 amide bonds. The molecule has 0 heterocycles. The Hall–Kier alpha value is -1.02. The van der Waals surface area contributed by atoms with Crippen molar-refractivity contribution in [2.45, 2.75) is 44.6 Å². The second kappa shape index (κ2) is 5.96. The Morgan fingerprint density at radius 1 is 1.21 bits per heavy atom. The molecule has 1 aromatic carbocycles. The predicted octanol–water partition coefficient (Wildman–Crippen LogP) is 3.75. The molecule has 1 saturated carbocycles. The van der Waals surface area contributed by atoms with E-state index in [1.165, 1.54) is 31.2 Å². The van der Waals surface area contributed by atoms with Gasteiger partial charge in [-0.3, -0.25) is 0 Å². The summed E-state index contributed by atoms with van der Waals surface area (Å²) < 4.78 is 5.51. The number of benzene rings is 1. The lowest BCUT2D eigenvalue weighted by Gasteiger charge is -2.45. The first-order valence-electron chi connectivity index (χ1n) is 7.37. The highest BCUT2D eigenvalue weighted by atomic mass is 16.5. The van der Waals surface area contributed by atoms with Crippen molar-refractivity contribution in [2.24, 2.45) is 5.92 Å². The summed E-state index contributed by atoms with van der Waals surface area (Å²) in [5, 5.41) is 0. The molecule has 0 spiro atoms. The Labute approximate surface area is 117 Å². The van der Waals surface area contributed by atoms with E-state index in [-0.39, 0.29) is 0 Å². The van der Waals surface area contributed by atoms with Crippen molar-refractivity contribution in [3.63, 3.8) is 0 Å². The number of hydrogen-bond acceptors (Lipinski definition) is 2. The minimum absolute atomic E-state index is 0.307. The fraction of sp³-hybridized carbons (Fsp3) is 0.647. The summed E-state index contributed by atoms with van der Waals surface area (Å²) in [5.74, 6) is 1.91. The normalized spacial score (nSPS) is 27.5. The molecular weight excluding hydrogens is 234 g/mol. The molecule has 0 atom stereocenters. The second-order valence-electron chi connectivity index (χ2n) is 6.29. The summed E-state index contributed by atoms with van der Waals surface area (Å²) >= 11 is 0. The average molecular weight is 261 g/mol. The molecule has 1 aromatic rings. The largest absolute Gasteiger partial charge is 0.496 e. The Kier molecular flexibility index (Phi) is 4.51. The van der Waals surface area contributed by atoms with Crippen LogP contribution < -0.4 is 4.74 Å². The van der Waals surface area contributed by atoms with Crippen LogP contribution >= 0.6 is 0 Å². The van der Waals surface area contributed by atoms with Gasteiger partial charge < -0.3 is 9.64 Å². The molecule has 0 saturated heterocycles. The van der Waals surface area contributed by atoms with Crippen molar-refractivity contribution in [3.05, 3.63) is 29.8 Å². The van der Waals surface area contributed by atoms with Crippen molar-refractivity contribution in [3.8, 4) is 5.75 Å². The Morgan fingerprint density at radius 2 is 1.84 bits per heavy atom. The Bertz CT molecular complexity index is 405. The van der Waals surface area contributed by atoms with Crippen LogP contribution in [0.4, 0.5) is 0 Å². The third-order valence-corrected chi connectivity index (χ3v) is 4.87. The van der Waals surface area contributed by atoms with Crippen LogP contribution in [0.2, 0.25) is 0 Å². The number of para-hydroxylation sites is 1. The molecule has 2 rings (SSSR count). The van der Waals surface area contributed by atoms with Crippen molar-refractivity contribution >= 4 is 0 Å². The summed E-state index contributed by atoms with van der Waals surface area (Å²) in [6.45, 7) is 2.38. The summed E-state index contributed by atoms with van der Waals surface area (Å²) in [5.41, 5.74) is 1.65. The lowest BCUT2D eigenvalue weighted by atomic mass is 9.73. The lowest BCUT2D eigenvalue weighted by molar-refractivity contribution is 0.0823. The highest BCUT2D eigenvalue weighted by molar-refractivity contribution is 5.34. The van der Waals surface area contributed by atoms with Gasteiger partial charge in [-0.25, -0.2) is 0 Å². The van der Waals surface area contributed by atoms with Crippen molar-refractivity contribution < 1.29 is 4.74 Å². The third-order valence-electron chi connectivity index (χ3n) is 4.87. The van der Waals surface area contributed by atoms with Gasteiger partial charge in [0.05, 0.1) is 7.11 Å². The van der Waals surface area contributed by atoms with E-state index in [1.54, 1.807) is 7.11 Å². The number of ether oxygens (including phenoxy) is 1.